The molecule has 0 unspecified atom stereocenters. The van der Waals surface area contributed by atoms with Crippen molar-refractivity contribution in [3.63, 3.8) is 0 Å². The first-order chi connectivity index (χ1) is 10.1. The molecule has 1 aliphatic rings. The molecule has 0 radical (unpaired) electrons. The highest BCUT2D eigenvalue weighted by Gasteiger charge is 2.31. The molecule has 0 aromatic carbocycles. The van der Waals surface area contributed by atoms with Gasteiger partial charge in [-0.2, -0.15) is 0 Å². The summed E-state index contributed by atoms with van der Waals surface area (Å²) in [5.41, 5.74) is 1.49. The van der Waals surface area contributed by atoms with E-state index in [-0.39, 0.29) is 0 Å². The van der Waals surface area contributed by atoms with Crippen LogP contribution in [0.25, 0.3) is 11.5 Å². The summed E-state index contributed by atoms with van der Waals surface area (Å²) in [4.78, 5) is 26.3. The Morgan fingerprint density at radius 1 is 1.38 bits per heavy atom. The average molecular weight is 284 g/mol. The van der Waals surface area contributed by atoms with Crippen LogP contribution in [0.2, 0.25) is 0 Å². The van der Waals surface area contributed by atoms with Crippen LogP contribution in [-0.2, 0) is 4.79 Å². The zero-order valence-electron chi connectivity index (χ0n) is 11.7. The lowest BCUT2D eigenvalue weighted by atomic mass is 10.2. The maximum Gasteiger partial charge on any atom is 0.326 e. The molecule has 0 amide bonds. The van der Waals surface area contributed by atoms with Crippen molar-refractivity contribution < 1.29 is 9.90 Å². The summed E-state index contributed by atoms with van der Waals surface area (Å²) in [6.07, 6.45) is 3.20. The molecule has 0 aliphatic carbocycles. The van der Waals surface area contributed by atoms with Gasteiger partial charge in [0.1, 0.15) is 17.6 Å². The fourth-order valence-corrected chi connectivity index (χ4v) is 2.61. The molecule has 2 aromatic rings. The quantitative estimate of drug-likeness (QED) is 0.927. The topological polar surface area (TPSA) is 79.2 Å². The molecule has 108 valence electrons. The minimum Gasteiger partial charge on any atom is -0.480 e. The number of pyridine rings is 1. The first-order valence-corrected chi connectivity index (χ1v) is 6.91. The first-order valence-electron chi connectivity index (χ1n) is 6.91. The smallest absolute Gasteiger partial charge is 0.326 e. The number of carbonyl (C=O) groups is 1. The first kappa shape index (κ1) is 13.5. The van der Waals surface area contributed by atoms with E-state index >= 15 is 0 Å². The molecule has 6 nitrogen and oxygen atoms in total. The van der Waals surface area contributed by atoms with Crippen LogP contribution in [0.15, 0.2) is 30.5 Å². The Labute approximate surface area is 122 Å². The molecule has 0 bridgehead atoms. The third-order valence-electron chi connectivity index (χ3n) is 3.57. The van der Waals surface area contributed by atoms with Gasteiger partial charge in [0.25, 0.3) is 0 Å². The fourth-order valence-electron chi connectivity index (χ4n) is 2.61. The predicted octanol–water partition coefficient (Wildman–Crippen LogP) is 1.90. The second-order valence-electron chi connectivity index (χ2n) is 5.10. The van der Waals surface area contributed by atoms with Crippen molar-refractivity contribution in [1.82, 2.24) is 15.0 Å². The second kappa shape index (κ2) is 5.47. The summed E-state index contributed by atoms with van der Waals surface area (Å²) in [6, 6.07) is 6.88. The lowest BCUT2D eigenvalue weighted by Gasteiger charge is -2.23. The van der Waals surface area contributed by atoms with E-state index in [0.29, 0.717) is 30.3 Å². The summed E-state index contributed by atoms with van der Waals surface area (Å²) in [6.45, 7) is 2.58. The maximum absolute atomic E-state index is 11.3. The summed E-state index contributed by atoms with van der Waals surface area (Å²) >= 11 is 0. The van der Waals surface area contributed by atoms with Gasteiger partial charge in [0.15, 0.2) is 5.82 Å². The van der Waals surface area contributed by atoms with Crippen molar-refractivity contribution in [2.75, 3.05) is 11.4 Å². The number of aliphatic carboxylic acids is 1. The van der Waals surface area contributed by atoms with E-state index in [1.165, 1.54) is 0 Å². The third-order valence-corrected chi connectivity index (χ3v) is 3.57. The highest BCUT2D eigenvalue weighted by molar-refractivity contribution is 5.78. The normalized spacial score (nSPS) is 18.0. The molecule has 0 saturated carbocycles. The van der Waals surface area contributed by atoms with Gasteiger partial charge in [-0.3, -0.25) is 4.98 Å². The molecule has 1 fully saturated rings. The molecule has 3 heterocycles. The molecule has 2 aromatic heterocycles. The van der Waals surface area contributed by atoms with E-state index in [2.05, 4.69) is 15.0 Å². The van der Waals surface area contributed by atoms with E-state index in [9.17, 15) is 9.90 Å². The number of nitrogens with zero attached hydrogens (tertiary/aromatic N) is 4. The minimum absolute atomic E-state index is 0.504. The van der Waals surface area contributed by atoms with Crippen LogP contribution in [-0.4, -0.2) is 38.6 Å². The SMILES string of the molecule is Cc1cc(N2CCC[C@H]2C(=O)O)nc(-c2ccccn2)n1. The van der Waals surface area contributed by atoms with Gasteiger partial charge in [0, 0.05) is 24.5 Å². The van der Waals surface area contributed by atoms with Crippen molar-refractivity contribution in [2.45, 2.75) is 25.8 Å². The Bertz CT molecular complexity index is 660. The van der Waals surface area contributed by atoms with Gasteiger partial charge in [0.2, 0.25) is 0 Å². The van der Waals surface area contributed by atoms with Gasteiger partial charge in [-0.05, 0) is 31.9 Å². The van der Waals surface area contributed by atoms with Crippen LogP contribution < -0.4 is 4.90 Å². The number of aryl methyl sites for hydroxylation is 1. The van der Waals surface area contributed by atoms with E-state index in [1.54, 1.807) is 6.20 Å². The molecular weight excluding hydrogens is 268 g/mol. The Morgan fingerprint density at radius 2 is 2.24 bits per heavy atom. The van der Waals surface area contributed by atoms with Gasteiger partial charge in [0.05, 0.1) is 0 Å². The Kier molecular flexibility index (Phi) is 3.51. The molecule has 6 heteroatoms. The average Bonchev–Trinajstić information content (AvgIpc) is 2.97. The van der Waals surface area contributed by atoms with E-state index in [0.717, 1.165) is 12.1 Å². The molecule has 1 N–H and O–H groups in total. The van der Waals surface area contributed by atoms with E-state index in [1.807, 2.05) is 36.1 Å². The van der Waals surface area contributed by atoms with Crippen LogP contribution >= 0.6 is 0 Å². The minimum atomic E-state index is -0.803. The van der Waals surface area contributed by atoms with Gasteiger partial charge in [-0.1, -0.05) is 6.07 Å². The van der Waals surface area contributed by atoms with Crippen molar-refractivity contribution in [1.29, 1.82) is 0 Å². The molecule has 1 saturated heterocycles. The third kappa shape index (κ3) is 2.69. The summed E-state index contributed by atoms with van der Waals surface area (Å²) < 4.78 is 0. The lowest BCUT2D eigenvalue weighted by Crippen LogP contribution is -2.36. The van der Waals surface area contributed by atoms with Crippen LogP contribution in [0.5, 0.6) is 0 Å². The number of aromatic nitrogens is 3. The molecule has 0 spiro atoms. The van der Waals surface area contributed by atoms with Crippen molar-refractivity contribution >= 4 is 11.8 Å². The lowest BCUT2D eigenvalue weighted by molar-refractivity contribution is -0.138. The molecule has 1 aliphatic heterocycles. The molecule has 1 atom stereocenters. The highest BCUT2D eigenvalue weighted by Crippen LogP contribution is 2.26. The molecule has 3 rings (SSSR count). The van der Waals surface area contributed by atoms with Crippen molar-refractivity contribution in [3.8, 4) is 11.5 Å². The summed E-state index contributed by atoms with van der Waals surface area (Å²) in [7, 11) is 0. The predicted molar refractivity (Wildman–Crippen MR) is 78.0 cm³/mol. The number of carboxylic acid groups (broad SMARTS) is 1. The summed E-state index contributed by atoms with van der Waals surface area (Å²) in [5, 5.41) is 9.30. The Hall–Kier alpha value is -2.50. The Balaban J connectivity index is 2.00. The number of carboxylic acids is 1. The zero-order chi connectivity index (χ0) is 14.8. The molecular formula is C15H16N4O2. The van der Waals surface area contributed by atoms with Crippen molar-refractivity contribution in [2.24, 2.45) is 0 Å². The second-order valence-corrected chi connectivity index (χ2v) is 5.10. The van der Waals surface area contributed by atoms with Crippen LogP contribution in [0.4, 0.5) is 5.82 Å². The highest BCUT2D eigenvalue weighted by atomic mass is 16.4. The van der Waals surface area contributed by atoms with Crippen molar-refractivity contribution in [3.05, 3.63) is 36.2 Å². The van der Waals surface area contributed by atoms with E-state index < -0.39 is 12.0 Å². The standard InChI is InChI=1S/C15H16N4O2/c1-10-9-13(19-8-4-6-12(19)15(20)21)18-14(17-10)11-5-2-3-7-16-11/h2-3,5,7,9,12H,4,6,8H2,1H3,(H,20,21)/t12-/m0/s1. The van der Waals surface area contributed by atoms with E-state index in [4.69, 9.17) is 0 Å². The zero-order valence-corrected chi connectivity index (χ0v) is 11.7. The van der Waals surface area contributed by atoms with Gasteiger partial charge in [-0.25, -0.2) is 14.8 Å². The molecule has 21 heavy (non-hydrogen) atoms. The largest absolute Gasteiger partial charge is 0.480 e. The number of rotatable bonds is 3. The van der Waals surface area contributed by atoms with Gasteiger partial charge in [-0.15, -0.1) is 0 Å². The van der Waals surface area contributed by atoms with Crippen LogP contribution in [0.1, 0.15) is 18.5 Å². The van der Waals surface area contributed by atoms with Gasteiger partial charge < -0.3 is 10.0 Å². The number of hydrogen-bond acceptors (Lipinski definition) is 5. The van der Waals surface area contributed by atoms with Gasteiger partial charge >= 0.3 is 5.97 Å². The Morgan fingerprint density at radius 3 is 2.95 bits per heavy atom. The number of anilines is 1. The summed E-state index contributed by atoms with van der Waals surface area (Å²) in [5.74, 6) is 0.387. The monoisotopic (exact) mass is 284 g/mol. The fraction of sp³-hybridized carbons (Fsp3) is 0.333. The maximum atomic E-state index is 11.3. The number of hydrogen-bond donors (Lipinski definition) is 1. The van der Waals surface area contributed by atoms with Crippen LogP contribution in [0.3, 0.4) is 0 Å². The van der Waals surface area contributed by atoms with Crippen LogP contribution in [0, 0.1) is 6.92 Å².